The number of aliphatic carboxylic acids is 1. The van der Waals surface area contributed by atoms with Gasteiger partial charge in [-0.15, -0.1) is 0 Å². The zero-order chi connectivity index (χ0) is 29.4. The number of rotatable bonds is 8. The maximum Gasteiger partial charge on any atom is 0.310 e. The van der Waals surface area contributed by atoms with E-state index >= 15 is 4.39 Å². The van der Waals surface area contributed by atoms with E-state index in [2.05, 4.69) is 20.5 Å². The van der Waals surface area contributed by atoms with Crippen molar-refractivity contribution in [1.82, 2.24) is 20.1 Å². The number of anilines is 2. The number of H-pyrrole nitrogens is 1. The van der Waals surface area contributed by atoms with Gasteiger partial charge in [-0.3, -0.25) is 19.6 Å². The second kappa shape index (κ2) is 11.2. The number of halogens is 3. The van der Waals surface area contributed by atoms with E-state index in [1.165, 1.54) is 12.1 Å². The van der Waals surface area contributed by atoms with E-state index in [1.807, 2.05) is 18.7 Å². The Kier molecular flexibility index (Phi) is 8.33. The topological polar surface area (TPSA) is 111 Å². The van der Waals surface area contributed by atoms with Crippen molar-refractivity contribution in [3.8, 4) is 0 Å². The molecule has 1 fully saturated rings. The molecule has 0 unspecified atom stereocenters. The Morgan fingerprint density at radius 2 is 1.95 bits per heavy atom. The van der Waals surface area contributed by atoms with Gasteiger partial charge < -0.3 is 10.4 Å². The van der Waals surface area contributed by atoms with E-state index in [0.29, 0.717) is 17.9 Å². The third-order valence-corrected chi connectivity index (χ3v) is 7.76. The fraction of sp³-hybridized carbons (Fsp3) is 0.448. The van der Waals surface area contributed by atoms with Gasteiger partial charge in [-0.25, -0.2) is 13.8 Å². The summed E-state index contributed by atoms with van der Waals surface area (Å²) < 4.78 is 30.5. The van der Waals surface area contributed by atoms with Crippen LogP contribution in [0.5, 0.6) is 0 Å². The van der Waals surface area contributed by atoms with Gasteiger partial charge in [0.2, 0.25) is 0 Å². The van der Waals surface area contributed by atoms with Gasteiger partial charge in [0.25, 0.3) is 0 Å². The first-order chi connectivity index (χ1) is 18.7. The summed E-state index contributed by atoms with van der Waals surface area (Å²) in [5, 5.41) is 20.3. The monoisotopic (exact) mass is 573 g/mol. The van der Waals surface area contributed by atoms with Crippen molar-refractivity contribution in [2.75, 3.05) is 11.9 Å². The number of Topliss-reactive ketones (excluding diaryl/α,β-unsaturated/α-hetero) is 1. The van der Waals surface area contributed by atoms with Gasteiger partial charge in [0, 0.05) is 41.7 Å². The predicted molar refractivity (Wildman–Crippen MR) is 149 cm³/mol. The number of carboxylic acid groups (broad SMARTS) is 1. The van der Waals surface area contributed by atoms with Crippen LogP contribution in [0.2, 0.25) is 5.02 Å². The predicted octanol–water partition coefficient (Wildman–Crippen LogP) is 6.32. The smallest absolute Gasteiger partial charge is 0.310 e. The van der Waals surface area contributed by atoms with E-state index in [0.717, 1.165) is 5.69 Å². The number of carboxylic acids is 1. The van der Waals surface area contributed by atoms with Gasteiger partial charge in [-0.2, -0.15) is 5.10 Å². The molecule has 1 aromatic carbocycles. The third-order valence-electron chi connectivity index (χ3n) is 7.47. The summed E-state index contributed by atoms with van der Waals surface area (Å²) in [6.45, 7) is 9.38. The van der Waals surface area contributed by atoms with Crippen molar-refractivity contribution in [1.29, 1.82) is 0 Å². The molecule has 1 saturated heterocycles. The number of aromatic amines is 1. The van der Waals surface area contributed by atoms with Crippen molar-refractivity contribution in [2.24, 2.45) is 10.8 Å². The van der Waals surface area contributed by atoms with Crippen LogP contribution < -0.4 is 5.32 Å². The Morgan fingerprint density at radius 1 is 1.23 bits per heavy atom. The molecule has 0 bridgehead atoms. The minimum absolute atomic E-state index is 0.0303. The molecule has 0 aliphatic carbocycles. The highest BCUT2D eigenvalue weighted by atomic mass is 35.5. The fourth-order valence-corrected chi connectivity index (χ4v) is 5.39. The molecule has 2 atom stereocenters. The zero-order valence-corrected chi connectivity index (χ0v) is 24.0. The molecule has 4 rings (SSSR count). The number of piperidine rings is 1. The van der Waals surface area contributed by atoms with E-state index in [1.54, 1.807) is 39.0 Å². The first-order valence-electron chi connectivity index (χ1n) is 13.1. The lowest BCUT2D eigenvalue weighted by molar-refractivity contribution is -0.153. The number of benzene rings is 1. The average Bonchev–Trinajstić information content (AvgIpc) is 3.28. The summed E-state index contributed by atoms with van der Waals surface area (Å²) in [5.74, 6) is -2.19. The van der Waals surface area contributed by atoms with Crippen LogP contribution in [0, 0.1) is 29.4 Å². The molecular weight excluding hydrogens is 540 g/mol. The fourth-order valence-electron chi connectivity index (χ4n) is 5.20. The molecule has 3 heterocycles. The molecule has 3 N–H and O–H groups in total. The van der Waals surface area contributed by atoms with Gasteiger partial charge in [-0.1, -0.05) is 44.5 Å². The molecule has 3 aromatic rings. The largest absolute Gasteiger partial charge is 0.481 e. The van der Waals surface area contributed by atoms with Crippen LogP contribution in [-0.2, 0) is 17.8 Å². The average molecular weight is 574 g/mol. The van der Waals surface area contributed by atoms with Crippen LogP contribution in [0.3, 0.4) is 0 Å². The van der Waals surface area contributed by atoms with Gasteiger partial charge in [-0.05, 0) is 45.4 Å². The number of aryl methyl sites for hydroxylation is 1. The molecule has 1 aliphatic heterocycles. The quantitative estimate of drug-likeness (QED) is 0.271. The maximum absolute atomic E-state index is 15.9. The van der Waals surface area contributed by atoms with Crippen molar-refractivity contribution in [3.05, 3.63) is 69.5 Å². The van der Waals surface area contributed by atoms with Crippen molar-refractivity contribution >= 4 is 35.0 Å². The molecule has 214 valence electrons. The summed E-state index contributed by atoms with van der Waals surface area (Å²) in [5.41, 5.74) is -1.25. The zero-order valence-electron chi connectivity index (χ0n) is 23.2. The van der Waals surface area contributed by atoms with Crippen molar-refractivity contribution in [2.45, 2.75) is 66.5 Å². The van der Waals surface area contributed by atoms with E-state index in [4.69, 9.17) is 11.6 Å². The summed E-state index contributed by atoms with van der Waals surface area (Å²) in [6.07, 6.45) is 0.163. The third kappa shape index (κ3) is 6.18. The van der Waals surface area contributed by atoms with Crippen LogP contribution in [0.25, 0.3) is 0 Å². The minimum Gasteiger partial charge on any atom is -0.481 e. The second-order valence-electron chi connectivity index (χ2n) is 11.7. The number of hydrogen-bond acceptors (Lipinski definition) is 6. The molecule has 0 saturated carbocycles. The van der Waals surface area contributed by atoms with Crippen LogP contribution in [0.15, 0.2) is 30.3 Å². The Hall–Kier alpha value is -3.37. The summed E-state index contributed by atoms with van der Waals surface area (Å²) in [4.78, 5) is 32.3. The summed E-state index contributed by atoms with van der Waals surface area (Å²) >= 11 is 5.94. The van der Waals surface area contributed by atoms with Crippen LogP contribution in [0.4, 0.5) is 20.4 Å². The maximum atomic E-state index is 15.9. The first kappa shape index (κ1) is 29.6. The number of pyridine rings is 1. The summed E-state index contributed by atoms with van der Waals surface area (Å²) in [7, 11) is 0. The summed E-state index contributed by atoms with van der Waals surface area (Å²) in [6, 6.07) is 7.62. The molecule has 0 radical (unpaired) electrons. The Balaban J connectivity index is 1.66. The van der Waals surface area contributed by atoms with Crippen LogP contribution >= 0.6 is 11.6 Å². The first-order valence-corrected chi connectivity index (χ1v) is 13.5. The van der Waals surface area contributed by atoms with Gasteiger partial charge in [0.15, 0.2) is 17.4 Å². The lowest BCUT2D eigenvalue weighted by Crippen LogP contribution is -2.50. The number of nitrogens with one attached hydrogen (secondary N) is 2. The molecule has 2 aromatic heterocycles. The Morgan fingerprint density at radius 3 is 2.55 bits per heavy atom. The molecule has 11 heteroatoms. The molecule has 8 nitrogen and oxygen atoms in total. The SMILES string of the molecule is Cc1cc(Nc2cc(C(=O)C(C)(C)C)c(F)c(C[C@@]3(C(=O)O)CCN(Cc4cccc(Cl)c4F)[C@H](C)C3)n2)n[nH]1. The van der Waals surface area contributed by atoms with E-state index < -0.39 is 34.2 Å². The number of carbonyl (C=O) groups excluding carboxylic acids is 1. The van der Waals surface area contributed by atoms with E-state index in [-0.39, 0.29) is 53.9 Å². The highest BCUT2D eigenvalue weighted by Crippen LogP contribution is 2.40. The van der Waals surface area contributed by atoms with Gasteiger partial charge in [0.1, 0.15) is 11.6 Å². The van der Waals surface area contributed by atoms with Crippen LogP contribution in [0.1, 0.15) is 67.8 Å². The number of hydrogen-bond donors (Lipinski definition) is 3. The van der Waals surface area contributed by atoms with Gasteiger partial charge >= 0.3 is 5.97 Å². The number of carbonyl (C=O) groups is 2. The lowest BCUT2D eigenvalue weighted by atomic mass is 9.72. The number of nitrogens with zero attached hydrogens (tertiary/aromatic N) is 3. The standard InChI is InChI=1S/C29H34ClF2N5O3/c1-16-11-23(36-35-16)34-22-12-19(26(38)28(3,4)5)25(32)21(33-22)14-29(27(39)40)9-10-37(17(2)13-29)15-18-7-6-8-20(30)24(18)31/h6-8,11-12,17H,9-10,13-15H2,1-5H3,(H,39,40)(H2,33,34,35,36)/t17-,29-/m1/s1. The second-order valence-corrected chi connectivity index (χ2v) is 12.1. The molecule has 0 spiro atoms. The lowest BCUT2D eigenvalue weighted by Gasteiger charge is -2.43. The van der Waals surface area contributed by atoms with Gasteiger partial charge in [0.05, 0.1) is 21.7 Å². The van der Waals surface area contributed by atoms with Crippen molar-refractivity contribution < 1.29 is 23.5 Å². The van der Waals surface area contributed by atoms with Crippen LogP contribution in [-0.4, -0.2) is 49.5 Å². The van der Waals surface area contributed by atoms with E-state index in [9.17, 15) is 19.1 Å². The molecule has 0 amide bonds. The highest BCUT2D eigenvalue weighted by Gasteiger charge is 2.46. The minimum atomic E-state index is -1.33. The highest BCUT2D eigenvalue weighted by molar-refractivity contribution is 6.30. The molecule has 40 heavy (non-hydrogen) atoms. The molecule has 1 aliphatic rings. The Labute approximate surface area is 237 Å². The molecular formula is C29H34ClF2N5O3. The van der Waals surface area contributed by atoms with Crippen molar-refractivity contribution in [3.63, 3.8) is 0 Å². The number of ketones is 1. The Bertz CT molecular complexity index is 1440. The number of likely N-dealkylation sites (tertiary alicyclic amines) is 1. The normalized spacial score (nSPS) is 19.9. The number of aromatic nitrogens is 3.